The highest BCUT2D eigenvalue weighted by Gasteiger charge is 2.28. The molecular formula is C23H29N5O2S. The van der Waals surface area contributed by atoms with E-state index >= 15 is 0 Å². The molecule has 0 unspecified atom stereocenters. The number of nitrogens with zero attached hydrogens (tertiary/aromatic N) is 4. The molecule has 0 aromatic carbocycles. The molecular weight excluding hydrogens is 410 g/mol. The third kappa shape index (κ3) is 4.84. The first-order valence-electron chi connectivity index (χ1n) is 10.9. The lowest BCUT2D eigenvalue weighted by molar-refractivity contribution is 0.0946. The Hall–Kier alpha value is -2.61. The lowest BCUT2D eigenvalue weighted by Gasteiger charge is -2.29. The van der Waals surface area contributed by atoms with Gasteiger partial charge >= 0.3 is 0 Å². The number of nitrogens with one attached hydrogen (secondary N) is 1. The van der Waals surface area contributed by atoms with E-state index in [9.17, 15) is 4.79 Å². The maximum Gasteiger partial charge on any atom is 0.263 e. The van der Waals surface area contributed by atoms with Crippen molar-refractivity contribution in [2.75, 3.05) is 6.54 Å². The van der Waals surface area contributed by atoms with Crippen LogP contribution in [0.1, 0.15) is 83.9 Å². The Labute approximate surface area is 186 Å². The van der Waals surface area contributed by atoms with Crippen LogP contribution in [-0.2, 0) is 0 Å². The van der Waals surface area contributed by atoms with Crippen molar-refractivity contribution in [2.45, 2.75) is 65.2 Å². The molecule has 164 valence electrons. The van der Waals surface area contributed by atoms with Crippen LogP contribution >= 0.6 is 11.3 Å². The average molecular weight is 440 g/mol. The van der Waals surface area contributed by atoms with Gasteiger partial charge < -0.3 is 9.84 Å². The molecule has 1 fully saturated rings. The van der Waals surface area contributed by atoms with Crippen molar-refractivity contribution in [1.29, 1.82) is 0 Å². The van der Waals surface area contributed by atoms with Crippen molar-refractivity contribution in [3.8, 4) is 11.3 Å². The number of aromatic nitrogens is 4. The van der Waals surface area contributed by atoms with Crippen LogP contribution in [0.25, 0.3) is 11.3 Å². The van der Waals surface area contributed by atoms with Gasteiger partial charge in [0.05, 0.1) is 28.2 Å². The number of hydrogen-bond acceptors (Lipinski definition) is 7. The molecule has 1 aliphatic rings. The van der Waals surface area contributed by atoms with Crippen molar-refractivity contribution >= 4 is 17.2 Å². The molecule has 0 aliphatic heterocycles. The maximum atomic E-state index is 12.4. The molecule has 1 saturated carbocycles. The van der Waals surface area contributed by atoms with Crippen LogP contribution in [0.5, 0.6) is 0 Å². The van der Waals surface area contributed by atoms with Crippen molar-refractivity contribution in [1.82, 2.24) is 25.4 Å². The zero-order valence-electron chi connectivity index (χ0n) is 18.5. The molecule has 3 aromatic heterocycles. The Balaban J connectivity index is 1.43. The van der Waals surface area contributed by atoms with Crippen LogP contribution in [0.4, 0.5) is 0 Å². The van der Waals surface area contributed by atoms with Gasteiger partial charge in [-0.1, -0.05) is 19.0 Å². The van der Waals surface area contributed by atoms with Crippen molar-refractivity contribution in [3.05, 3.63) is 45.6 Å². The average Bonchev–Trinajstić information content (AvgIpc) is 3.40. The van der Waals surface area contributed by atoms with Crippen LogP contribution in [0.2, 0.25) is 0 Å². The summed E-state index contributed by atoms with van der Waals surface area (Å²) in [6.45, 7) is 8.72. The molecule has 0 saturated heterocycles. The fraction of sp³-hybridized carbons (Fsp3) is 0.522. The number of thiazole rings is 1. The summed E-state index contributed by atoms with van der Waals surface area (Å²) in [5.74, 6) is 2.70. The first-order chi connectivity index (χ1) is 14.9. The van der Waals surface area contributed by atoms with Gasteiger partial charge in [-0.3, -0.25) is 4.79 Å². The van der Waals surface area contributed by atoms with E-state index in [2.05, 4.69) is 34.3 Å². The SMILES string of the molecule is Cc1cc(-c2cnc(C(C)C)nc2C2CCC(CNC(=O)c3scnc3C)CC2)on1. The lowest BCUT2D eigenvalue weighted by Crippen LogP contribution is -2.31. The highest BCUT2D eigenvalue weighted by molar-refractivity contribution is 7.11. The second-order valence-corrected chi connectivity index (χ2v) is 9.56. The topological polar surface area (TPSA) is 93.8 Å². The molecule has 1 N–H and O–H groups in total. The van der Waals surface area contributed by atoms with Crippen LogP contribution in [0.15, 0.2) is 22.3 Å². The summed E-state index contributed by atoms with van der Waals surface area (Å²) in [5.41, 5.74) is 5.38. The third-order valence-electron chi connectivity index (χ3n) is 5.98. The molecule has 31 heavy (non-hydrogen) atoms. The molecule has 7 nitrogen and oxygen atoms in total. The largest absolute Gasteiger partial charge is 0.356 e. The Morgan fingerprint density at radius 1 is 1.23 bits per heavy atom. The van der Waals surface area contributed by atoms with Crippen molar-refractivity contribution < 1.29 is 9.32 Å². The van der Waals surface area contributed by atoms with Gasteiger partial charge in [0.25, 0.3) is 5.91 Å². The van der Waals surface area contributed by atoms with E-state index in [-0.39, 0.29) is 11.8 Å². The normalized spacial score (nSPS) is 19.0. The Kier molecular flexibility index (Phi) is 6.46. The quantitative estimate of drug-likeness (QED) is 0.579. The van der Waals surface area contributed by atoms with Gasteiger partial charge in [0, 0.05) is 30.6 Å². The molecule has 3 aromatic rings. The van der Waals surface area contributed by atoms with Gasteiger partial charge in [0.1, 0.15) is 10.7 Å². The minimum Gasteiger partial charge on any atom is -0.356 e. The lowest BCUT2D eigenvalue weighted by atomic mass is 9.79. The number of aryl methyl sites for hydroxylation is 2. The number of hydrogen-bond donors (Lipinski definition) is 1. The van der Waals surface area contributed by atoms with Gasteiger partial charge in [-0.25, -0.2) is 15.0 Å². The van der Waals surface area contributed by atoms with Gasteiger partial charge in [-0.15, -0.1) is 11.3 Å². The first-order valence-corrected chi connectivity index (χ1v) is 11.8. The van der Waals surface area contributed by atoms with Gasteiger partial charge in [-0.05, 0) is 45.4 Å². The van der Waals surface area contributed by atoms with E-state index < -0.39 is 0 Å². The highest BCUT2D eigenvalue weighted by atomic mass is 32.1. The second kappa shape index (κ2) is 9.26. The number of carbonyl (C=O) groups excluding carboxylic acids is 1. The molecule has 1 amide bonds. The summed E-state index contributed by atoms with van der Waals surface area (Å²) in [4.78, 5) is 26.8. The summed E-state index contributed by atoms with van der Waals surface area (Å²) in [5, 5.41) is 7.14. The van der Waals surface area contributed by atoms with E-state index in [1.807, 2.05) is 26.1 Å². The summed E-state index contributed by atoms with van der Waals surface area (Å²) >= 11 is 1.40. The first kappa shape index (κ1) is 21.6. The third-order valence-corrected chi connectivity index (χ3v) is 6.91. The second-order valence-electron chi connectivity index (χ2n) is 8.71. The monoisotopic (exact) mass is 439 g/mol. The fourth-order valence-electron chi connectivity index (χ4n) is 4.16. The smallest absolute Gasteiger partial charge is 0.263 e. The molecule has 0 spiro atoms. The standard InChI is InChI=1S/C23H29N5O2S/c1-13(2)22-24-11-18(19-9-14(3)28-30-19)20(27-22)17-7-5-16(6-8-17)10-25-23(29)21-15(4)26-12-31-21/h9,11-13,16-17H,5-8,10H2,1-4H3,(H,25,29). The van der Waals surface area contributed by atoms with Gasteiger partial charge in [0.15, 0.2) is 5.76 Å². The Morgan fingerprint density at radius 3 is 2.61 bits per heavy atom. The molecule has 0 atom stereocenters. The Bertz CT molecular complexity index is 1050. The summed E-state index contributed by atoms with van der Waals surface area (Å²) < 4.78 is 5.53. The van der Waals surface area contributed by atoms with E-state index in [1.54, 1.807) is 5.51 Å². The number of rotatable bonds is 6. The predicted molar refractivity (Wildman–Crippen MR) is 120 cm³/mol. The maximum absolute atomic E-state index is 12.4. The van der Waals surface area contributed by atoms with Gasteiger partial charge in [0.2, 0.25) is 0 Å². The van der Waals surface area contributed by atoms with Crippen LogP contribution in [0, 0.1) is 19.8 Å². The fourth-order valence-corrected chi connectivity index (χ4v) is 4.87. The zero-order chi connectivity index (χ0) is 22.0. The summed E-state index contributed by atoms with van der Waals surface area (Å²) in [6.07, 6.45) is 6.08. The molecule has 4 rings (SSSR count). The van der Waals surface area contributed by atoms with Crippen LogP contribution < -0.4 is 5.32 Å². The van der Waals surface area contributed by atoms with E-state index in [0.717, 1.165) is 59.9 Å². The molecule has 8 heteroatoms. The van der Waals surface area contributed by atoms with Crippen LogP contribution in [-0.4, -0.2) is 32.6 Å². The summed E-state index contributed by atoms with van der Waals surface area (Å²) in [7, 11) is 0. The molecule has 0 bridgehead atoms. The van der Waals surface area contributed by atoms with Crippen LogP contribution in [0.3, 0.4) is 0 Å². The molecule has 3 heterocycles. The van der Waals surface area contributed by atoms with Crippen molar-refractivity contribution in [2.24, 2.45) is 5.92 Å². The minimum absolute atomic E-state index is 0.0116. The highest BCUT2D eigenvalue weighted by Crippen LogP contribution is 2.39. The van der Waals surface area contributed by atoms with E-state index in [1.165, 1.54) is 11.3 Å². The molecule has 0 radical (unpaired) electrons. The number of carbonyl (C=O) groups is 1. The Morgan fingerprint density at radius 2 is 2.00 bits per heavy atom. The van der Waals surface area contributed by atoms with Crippen molar-refractivity contribution in [3.63, 3.8) is 0 Å². The van der Waals surface area contributed by atoms with E-state index in [4.69, 9.17) is 9.51 Å². The number of amides is 1. The molecule has 1 aliphatic carbocycles. The van der Waals surface area contributed by atoms with Gasteiger partial charge in [-0.2, -0.15) is 0 Å². The minimum atomic E-state index is -0.0116. The van der Waals surface area contributed by atoms with E-state index in [0.29, 0.717) is 23.3 Å². The predicted octanol–water partition coefficient (Wildman–Crippen LogP) is 5.03. The summed E-state index contributed by atoms with van der Waals surface area (Å²) in [6, 6.07) is 1.94. The zero-order valence-corrected chi connectivity index (χ0v) is 19.3.